The Morgan fingerprint density at radius 2 is 1.79 bits per heavy atom. The molecule has 0 fully saturated rings. The lowest BCUT2D eigenvalue weighted by atomic mass is 10.1. The van der Waals surface area contributed by atoms with Crippen molar-refractivity contribution in [3.63, 3.8) is 0 Å². The Kier molecular flexibility index (Phi) is 7.95. The highest BCUT2D eigenvalue weighted by Gasteiger charge is 2.31. The number of pyridine rings is 1. The summed E-state index contributed by atoms with van der Waals surface area (Å²) in [6, 6.07) is 12.4. The van der Waals surface area contributed by atoms with E-state index in [-0.39, 0.29) is 28.9 Å². The minimum absolute atomic E-state index is 0.0819. The molecule has 0 aliphatic heterocycles. The highest BCUT2D eigenvalue weighted by molar-refractivity contribution is 6.32. The Bertz CT molecular complexity index is 1150. The molecule has 0 bridgehead atoms. The number of amides is 1. The maximum Gasteiger partial charge on any atom is 0.573 e. The molecular weight excluding hydrogens is 477 g/mol. The minimum atomic E-state index is -4.81. The average molecular weight is 495 g/mol. The summed E-state index contributed by atoms with van der Waals surface area (Å²) in [6.07, 6.45) is -3.38. The summed E-state index contributed by atoms with van der Waals surface area (Å²) in [4.78, 5) is 28.0. The van der Waals surface area contributed by atoms with Gasteiger partial charge in [0.25, 0.3) is 5.91 Å². The van der Waals surface area contributed by atoms with E-state index in [2.05, 4.69) is 15.0 Å². The Labute approximate surface area is 197 Å². The zero-order valence-electron chi connectivity index (χ0n) is 17.7. The highest BCUT2D eigenvalue weighted by Crippen LogP contribution is 2.30. The lowest BCUT2D eigenvalue weighted by Gasteiger charge is -2.10. The topological polar surface area (TPSA) is 86.8 Å². The van der Waals surface area contributed by atoms with Crippen molar-refractivity contribution in [3.8, 4) is 17.4 Å². The Hall–Kier alpha value is -3.79. The van der Waals surface area contributed by atoms with Crippen LogP contribution in [0.15, 0.2) is 60.8 Å². The molecule has 1 aromatic heterocycles. The van der Waals surface area contributed by atoms with Crippen LogP contribution in [0.2, 0.25) is 5.02 Å². The summed E-state index contributed by atoms with van der Waals surface area (Å²) in [6.45, 7) is 2.01. The molecule has 0 aliphatic rings. The number of carbonyl (C=O) groups excluding carboxylic acids is 2. The number of hydrogen-bond donors (Lipinski definition) is 1. The van der Waals surface area contributed by atoms with Crippen LogP contribution in [0, 0.1) is 0 Å². The second-order valence-corrected chi connectivity index (χ2v) is 7.17. The molecule has 0 unspecified atom stereocenters. The summed E-state index contributed by atoms with van der Waals surface area (Å²) in [7, 11) is 0. The first-order valence-corrected chi connectivity index (χ1v) is 10.3. The third-order valence-corrected chi connectivity index (χ3v) is 4.50. The molecule has 1 amide bonds. The van der Waals surface area contributed by atoms with Crippen LogP contribution < -0.4 is 14.8 Å². The van der Waals surface area contributed by atoms with Gasteiger partial charge in [-0.1, -0.05) is 17.7 Å². The number of benzene rings is 2. The summed E-state index contributed by atoms with van der Waals surface area (Å²) in [5.41, 5.74) is 1.13. The van der Waals surface area contributed by atoms with Crippen molar-refractivity contribution < 1.29 is 37.0 Å². The van der Waals surface area contributed by atoms with Gasteiger partial charge in [-0.05, 0) is 55.0 Å². The molecule has 1 N–H and O–H groups in total. The van der Waals surface area contributed by atoms with Crippen molar-refractivity contribution in [2.45, 2.75) is 19.7 Å². The van der Waals surface area contributed by atoms with Crippen molar-refractivity contribution in [2.75, 3.05) is 11.9 Å². The van der Waals surface area contributed by atoms with Gasteiger partial charge in [-0.2, -0.15) is 0 Å². The minimum Gasteiger partial charge on any atom is -0.466 e. The molecular formula is C23H18ClF3N2O5. The van der Waals surface area contributed by atoms with Gasteiger partial charge in [0.2, 0.25) is 5.88 Å². The van der Waals surface area contributed by atoms with E-state index in [0.717, 1.165) is 12.1 Å². The SMILES string of the molecule is CCOC(=O)Cc1ccc(Oc2ccc(NC(=O)c3ccc(OC(F)(F)F)cc3)cn2)c(Cl)c1. The number of aromatic nitrogens is 1. The van der Waals surface area contributed by atoms with Gasteiger partial charge in [-0.15, -0.1) is 13.2 Å². The maximum absolute atomic E-state index is 12.3. The first kappa shape index (κ1) is 24.8. The molecule has 0 saturated heterocycles. The lowest BCUT2D eigenvalue weighted by Crippen LogP contribution is -2.17. The van der Waals surface area contributed by atoms with Crippen LogP contribution in [0.5, 0.6) is 17.4 Å². The number of nitrogens with one attached hydrogen (secondary N) is 1. The van der Waals surface area contributed by atoms with E-state index in [1.165, 1.54) is 30.5 Å². The van der Waals surface area contributed by atoms with Crippen LogP contribution in [0.25, 0.3) is 0 Å². The number of carbonyl (C=O) groups is 2. The summed E-state index contributed by atoms with van der Waals surface area (Å²) in [5, 5.41) is 2.85. The van der Waals surface area contributed by atoms with E-state index in [1.54, 1.807) is 25.1 Å². The summed E-state index contributed by atoms with van der Waals surface area (Å²) < 4.78 is 51.0. The average Bonchev–Trinajstić information content (AvgIpc) is 2.76. The monoisotopic (exact) mass is 494 g/mol. The number of hydrogen-bond acceptors (Lipinski definition) is 6. The fourth-order valence-electron chi connectivity index (χ4n) is 2.75. The highest BCUT2D eigenvalue weighted by atomic mass is 35.5. The zero-order valence-corrected chi connectivity index (χ0v) is 18.4. The largest absolute Gasteiger partial charge is 0.573 e. The molecule has 1 heterocycles. The first-order chi connectivity index (χ1) is 16.1. The Balaban J connectivity index is 1.59. The van der Waals surface area contributed by atoms with Crippen LogP contribution in [0.4, 0.5) is 18.9 Å². The quantitative estimate of drug-likeness (QED) is 0.399. The smallest absolute Gasteiger partial charge is 0.466 e. The summed E-state index contributed by atoms with van der Waals surface area (Å²) >= 11 is 6.22. The lowest BCUT2D eigenvalue weighted by molar-refractivity contribution is -0.274. The van der Waals surface area contributed by atoms with Crippen LogP contribution in [0.3, 0.4) is 0 Å². The Morgan fingerprint density at radius 1 is 1.06 bits per heavy atom. The standard InChI is InChI=1S/C23H18ClF3N2O5/c1-2-32-21(30)12-14-3-9-19(18(24)11-14)33-20-10-6-16(13-28-20)29-22(31)15-4-7-17(8-5-15)34-23(25,26)27/h3-11,13H,2,12H2,1H3,(H,29,31). The van der Waals surface area contributed by atoms with Gasteiger partial charge in [0, 0.05) is 11.6 Å². The van der Waals surface area contributed by atoms with Crippen molar-refractivity contribution in [1.82, 2.24) is 4.98 Å². The number of nitrogens with zero attached hydrogens (tertiary/aromatic N) is 1. The third-order valence-electron chi connectivity index (χ3n) is 4.21. The normalized spacial score (nSPS) is 11.0. The van der Waals surface area contributed by atoms with Gasteiger partial charge in [0.05, 0.1) is 29.9 Å². The van der Waals surface area contributed by atoms with Crippen LogP contribution >= 0.6 is 11.6 Å². The van der Waals surface area contributed by atoms with Crippen LogP contribution in [0.1, 0.15) is 22.8 Å². The van der Waals surface area contributed by atoms with Crippen molar-refractivity contribution in [1.29, 1.82) is 0 Å². The second kappa shape index (κ2) is 10.9. The molecule has 0 atom stereocenters. The van der Waals surface area contributed by atoms with E-state index in [4.69, 9.17) is 21.1 Å². The number of ether oxygens (including phenoxy) is 3. The van der Waals surface area contributed by atoms with Crippen LogP contribution in [-0.2, 0) is 16.0 Å². The molecule has 2 aromatic carbocycles. The predicted molar refractivity (Wildman–Crippen MR) is 117 cm³/mol. The molecule has 0 radical (unpaired) electrons. The number of anilines is 1. The number of halogens is 4. The molecule has 0 spiro atoms. The number of esters is 1. The number of alkyl halides is 3. The molecule has 178 valence electrons. The van der Waals surface area contributed by atoms with Gasteiger partial charge in [0.1, 0.15) is 11.5 Å². The van der Waals surface area contributed by atoms with Crippen molar-refractivity contribution in [3.05, 3.63) is 76.9 Å². The van der Waals surface area contributed by atoms with E-state index < -0.39 is 18.0 Å². The fourth-order valence-corrected chi connectivity index (χ4v) is 3.00. The van der Waals surface area contributed by atoms with E-state index in [1.807, 2.05) is 0 Å². The number of rotatable bonds is 8. The van der Waals surface area contributed by atoms with Crippen molar-refractivity contribution >= 4 is 29.2 Å². The second-order valence-electron chi connectivity index (χ2n) is 6.76. The summed E-state index contributed by atoms with van der Waals surface area (Å²) in [5.74, 6) is -0.822. The van der Waals surface area contributed by atoms with Gasteiger partial charge < -0.3 is 19.5 Å². The van der Waals surface area contributed by atoms with Gasteiger partial charge in [-0.3, -0.25) is 9.59 Å². The molecule has 3 rings (SSSR count). The van der Waals surface area contributed by atoms with Gasteiger partial charge in [-0.25, -0.2) is 4.98 Å². The van der Waals surface area contributed by atoms with Gasteiger partial charge >= 0.3 is 12.3 Å². The molecule has 34 heavy (non-hydrogen) atoms. The maximum atomic E-state index is 12.3. The van der Waals surface area contributed by atoms with Crippen molar-refractivity contribution in [2.24, 2.45) is 0 Å². The zero-order chi connectivity index (χ0) is 24.7. The molecule has 11 heteroatoms. The van der Waals surface area contributed by atoms with Crippen LogP contribution in [-0.4, -0.2) is 29.8 Å². The first-order valence-electron chi connectivity index (χ1n) is 9.88. The molecule has 0 aliphatic carbocycles. The Morgan fingerprint density at radius 3 is 2.38 bits per heavy atom. The van der Waals surface area contributed by atoms with E-state index in [9.17, 15) is 22.8 Å². The van der Waals surface area contributed by atoms with E-state index >= 15 is 0 Å². The molecule has 7 nitrogen and oxygen atoms in total. The predicted octanol–water partition coefficient (Wildman–Crippen LogP) is 5.78. The fraction of sp³-hybridized carbons (Fsp3) is 0.174. The molecule has 0 saturated carbocycles. The third kappa shape index (κ3) is 7.38. The van der Waals surface area contributed by atoms with Gasteiger partial charge in [0.15, 0.2) is 0 Å². The molecule has 3 aromatic rings. The van der Waals surface area contributed by atoms with E-state index in [0.29, 0.717) is 23.6 Å².